The lowest BCUT2D eigenvalue weighted by molar-refractivity contribution is -0.127. The van der Waals surface area contributed by atoms with Crippen molar-refractivity contribution in [3.8, 4) is 11.4 Å². The van der Waals surface area contributed by atoms with Crippen LogP contribution in [0.1, 0.15) is 108 Å². The minimum absolute atomic E-state index is 0.0340. The van der Waals surface area contributed by atoms with Crippen LogP contribution in [0.15, 0.2) is 42.7 Å². The number of carbonyl (C=O) groups excluding carboxylic acids is 1. The third kappa shape index (κ3) is 5.56. The van der Waals surface area contributed by atoms with E-state index in [1.54, 1.807) is 19.3 Å². The van der Waals surface area contributed by atoms with Crippen molar-refractivity contribution in [2.24, 2.45) is 5.41 Å². The Balaban J connectivity index is 1.50. The number of amides is 1. The van der Waals surface area contributed by atoms with E-state index in [0.717, 1.165) is 61.3 Å². The van der Waals surface area contributed by atoms with Crippen LogP contribution in [0.4, 0.5) is 0 Å². The van der Waals surface area contributed by atoms with Gasteiger partial charge in [0.2, 0.25) is 5.91 Å². The van der Waals surface area contributed by atoms with Gasteiger partial charge in [-0.25, -0.2) is 9.67 Å². The van der Waals surface area contributed by atoms with Crippen LogP contribution in [-0.2, 0) is 10.4 Å². The van der Waals surface area contributed by atoms with Crippen molar-refractivity contribution in [3.05, 3.63) is 65.2 Å². The molecule has 0 spiro atoms. The summed E-state index contributed by atoms with van der Waals surface area (Å²) in [7, 11) is 2.09. The monoisotopic (exact) mass is 558 g/mol. The van der Waals surface area contributed by atoms with Crippen molar-refractivity contribution in [2.45, 2.75) is 96.7 Å². The molecule has 1 aromatic carbocycles. The zero-order valence-corrected chi connectivity index (χ0v) is 25.7. The number of hydrogen-bond acceptors (Lipinski definition) is 6. The number of nitrogens with zero attached hydrogens (tertiary/aromatic N) is 5. The Morgan fingerprint density at radius 2 is 1.71 bits per heavy atom. The van der Waals surface area contributed by atoms with Crippen LogP contribution in [0.2, 0.25) is 0 Å². The highest BCUT2D eigenvalue weighted by molar-refractivity contribution is 5.73. The molecule has 220 valence electrons. The molecule has 5 rings (SSSR count). The molecule has 8 nitrogen and oxygen atoms in total. The zero-order chi connectivity index (χ0) is 29.5. The van der Waals surface area contributed by atoms with Crippen LogP contribution in [0.3, 0.4) is 0 Å². The summed E-state index contributed by atoms with van der Waals surface area (Å²) in [5, 5.41) is 20.7. The minimum atomic E-state index is -1.22. The number of benzene rings is 1. The Morgan fingerprint density at radius 3 is 2.27 bits per heavy atom. The number of pyridine rings is 1. The molecule has 8 heteroatoms. The molecule has 1 saturated heterocycles. The highest BCUT2D eigenvalue weighted by Crippen LogP contribution is 2.50. The van der Waals surface area contributed by atoms with Gasteiger partial charge in [0, 0.05) is 67.0 Å². The van der Waals surface area contributed by atoms with E-state index in [4.69, 9.17) is 10.1 Å². The number of aromatic nitrogens is 4. The Bertz CT molecular complexity index is 1370. The predicted molar refractivity (Wildman–Crippen MR) is 162 cm³/mol. The molecule has 2 aliphatic rings. The first-order chi connectivity index (χ1) is 19.4. The van der Waals surface area contributed by atoms with Gasteiger partial charge in [-0.2, -0.15) is 5.10 Å². The maximum Gasteiger partial charge on any atom is 0.217 e. The van der Waals surface area contributed by atoms with E-state index < -0.39 is 5.60 Å². The lowest BCUT2D eigenvalue weighted by Crippen LogP contribution is -2.63. The largest absolute Gasteiger partial charge is 0.380 e. The fourth-order valence-electron chi connectivity index (χ4n) is 7.01. The van der Waals surface area contributed by atoms with Crippen LogP contribution in [-0.4, -0.2) is 61.8 Å². The van der Waals surface area contributed by atoms with Crippen LogP contribution >= 0.6 is 0 Å². The number of likely N-dealkylation sites (tertiary alicyclic amines) is 1. The average Bonchev–Trinajstić information content (AvgIpc) is 3.38. The van der Waals surface area contributed by atoms with Crippen LogP contribution < -0.4 is 5.32 Å². The van der Waals surface area contributed by atoms with Crippen LogP contribution in [0, 0.1) is 5.41 Å². The van der Waals surface area contributed by atoms with Crippen molar-refractivity contribution in [1.82, 2.24) is 30.0 Å². The summed E-state index contributed by atoms with van der Waals surface area (Å²) in [6.07, 6.45) is 7.41. The molecule has 0 radical (unpaired) electrons. The summed E-state index contributed by atoms with van der Waals surface area (Å²) >= 11 is 0. The quantitative estimate of drug-likeness (QED) is 0.385. The molecule has 2 fully saturated rings. The zero-order valence-electron chi connectivity index (χ0n) is 25.7. The Labute approximate surface area is 244 Å². The van der Waals surface area contributed by atoms with E-state index in [1.807, 2.05) is 10.7 Å². The Hall–Kier alpha value is -3.10. The number of nitrogens with one attached hydrogen (secondary N) is 1. The van der Waals surface area contributed by atoms with E-state index in [9.17, 15) is 9.90 Å². The average molecular weight is 559 g/mol. The lowest BCUT2D eigenvalue weighted by atomic mass is 9.62. The van der Waals surface area contributed by atoms with Gasteiger partial charge in [0.25, 0.3) is 0 Å². The lowest BCUT2D eigenvalue weighted by Gasteiger charge is -2.55. The first-order valence-corrected chi connectivity index (χ1v) is 15.1. The standard InChI is InChI=1S/C33H46N6O2/c1-21(2)24-8-12-27(13-9-24)33(41,32(6)19-38(7)20-32)28-16-26(17-34-18-28)30-36-31(39(37-30)22(3)4)25-10-14-29(15-11-25)35-23(5)40/h8-9,12-13,16-18,21-22,25,29,41H,10-11,14-15,19-20H2,1-7H3,(H,35,40)/t25-,29-,33?. The molecular weight excluding hydrogens is 512 g/mol. The molecular formula is C33H46N6O2. The summed E-state index contributed by atoms with van der Waals surface area (Å²) in [5.41, 5.74) is 2.12. The van der Waals surface area contributed by atoms with E-state index >= 15 is 0 Å². The van der Waals surface area contributed by atoms with Gasteiger partial charge in [0.15, 0.2) is 5.82 Å². The summed E-state index contributed by atoms with van der Waals surface area (Å²) in [5.74, 6) is 2.38. The van der Waals surface area contributed by atoms with Crippen molar-refractivity contribution in [3.63, 3.8) is 0 Å². The van der Waals surface area contributed by atoms with E-state index in [0.29, 0.717) is 17.7 Å². The number of aliphatic hydroxyl groups is 1. The van der Waals surface area contributed by atoms with Gasteiger partial charge in [-0.3, -0.25) is 9.78 Å². The predicted octanol–water partition coefficient (Wildman–Crippen LogP) is 5.39. The second-order valence-corrected chi connectivity index (χ2v) is 13.3. The third-order valence-electron chi connectivity index (χ3n) is 9.17. The molecule has 0 bridgehead atoms. The minimum Gasteiger partial charge on any atom is -0.380 e. The smallest absolute Gasteiger partial charge is 0.217 e. The summed E-state index contributed by atoms with van der Waals surface area (Å²) in [6, 6.07) is 10.8. The maximum absolute atomic E-state index is 12.6. The number of carbonyl (C=O) groups is 1. The molecule has 1 amide bonds. The summed E-state index contributed by atoms with van der Waals surface area (Å²) in [6.45, 7) is 13.9. The highest BCUT2D eigenvalue weighted by Gasteiger charge is 2.55. The van der Waals surface area contributed by atoms with Gasteiger partial charge in [-0.1, -0.05) is 45.0 Å². The first kappa shape index (κ1) is 29.4. The number of hydrogen-bond donors (Lipinski definition) is 2. The molecule has 3 heterocycles. The second kappa shape index (κ2) is 11.3. The number of rotatable bonds is 8. The fraction of sp³-hybridized carbons (Fsp3) is 0.576. The van der Waals surface area contributed by atoms with Gasteiger partial charge in [0.05, 0.1) is 0 Å². The third-order valence-corrected chi connectivity index (χ3v) is 9.17. The molecule has 1 saturated carbocycles. The van der Waals surface area contributed by atoms with E-state index in [1.165, 1.54) is 5.56 Å². The molecule has 3 aromatic rings. The molecule has 2 N–H and O–H groups in total. The molecule has 1 aliphatic carbocycles. The highest BCUT2D eigenvalue weighted by atomic mass is 16.3. The van der Waals surface area contributed by atoms with Crippen LogP contribution in [0.5, 0.6) is 0 Å². The van der Waals surface area contributed by atoms with E-state index in [-0.39, 0.29) is 23.4 Å². The normalized spacial score (nSPS) is 22.4. The Kier molecular flexibility index (Phi) is 8.09. The van der Waals surface area contributed by atoms with Gasteiger partial charge in [-0.15, -0.1) is 0 Å². The van der Waals surface area contributed by atoms with Crippen molar-refractivity contribution >= 4 is 5.91 Å². The molecule has 1 aliphatic heterocycles. The van der Waals surface area contributed by atoms with Crippen molar-refractivity contribution in [1.29, 1.82) is 0 Å². The van der Waals surface area contributed by atoms with Gasteiger partial charge < -0.3 is 15.3 Å². The molecule has 1 atom stereocenters. The van der Waals surface area contributed by atoms with Crippen molar-refractivity contribution in [2.75, 3.05) is 20.1 Å². The van der Waals surface area contributed by atoms with Gasteiger partial charge >= 0.3 is 0 Å². The second-order valence-electron chi connectivity index (χ2n) is 13.3. The van der Waals surface area contributed by atoms with Gasteiger partial charge in [-0.05, 0) is 69.7 Å². The van der Waals surface area contributed by atoms with Crippen LogP contribution in [0.25, 0.3) is 11.4 Å². The molecule has 2 aromatic heterocycles. The first-order valence-electron chi connectivity index (χ1n) is 15.1. The SMILES string of the molecule is CC(=O)N[C@H]1CC[C@H](c2nc(-c3cncc(C(O)(c4ccc(C(C)C)cc4)C4(C)CN(C)C4)c3)nn2C(C)C)CC1. The molecule has 41 heavy (non-hydrogen) atoms. The summed E-state index contributed by atoms with van der Waals surface area (Å²) < 4.78 is 2.05. The fourth-order valence-corrected chi connectivity index (χ4v) is 7.01. The van der Waals surface area contributed by atoms with Gasteiger partial charge in [0.1, 0.15) is 11.4 Å². The maximum atomic E-state index is 12.6. The molecule has 1 unspecified atom stereocenters. The van der Waals surface area contributed by atoms with Crippen molar-refractivity contribution < 1.29 is 9.90 Å². The Morgan fingerprint density at radius 1 is 1.05 bits per heavy atom. The van der Waals surface area contributed by atoms with E-state index in [2.05, 4.69) is 81.1 Å². The topological polar surface area (TPSA) is 96.2 Å². The summed E-state index contributed by atoms with van der Waals surface area (Å²) in [4.78, 5) is 23.5.